The Morgan fingerprint density at radius 2 is 1.76 bits per heavy atom. The summed E-state index contributed by atoms with van der Waals surface area (Å²) >= 11 is 1.61. The number of benzene rings is 2. The average molecular weight is 408 g/mol. The van der Waals surface area contributed by atoms with Gasteiger partial charge in [0.15, 0.2) is 0 Å². The number of amides is 2. The van der Waals surface area contributed by atoms with Crippen molar-refractivity contribution in [3.05, 3.63) is 70.5 Å². The molecule has 3 rings (SSSR count). The largest absolute Gasteiger partial charge is 0.340 e. The lowest BCUT2D eigenvalue weighted by molar-refractivity contribution is -0.119. The van der Waals surface area contributed by atoms with E-state index in [1.807, 2.05) is 56.5 Å². The van der Waals surface area contributed by atoms with Crippen LogP contribution in [0, 0.1) is 12.8 Å². The molecule has 2 N–H and O–H groups in total. The number of carbonyl (C=O) groups excluding carboxylic acids is 2. The lowest BCUT2D eigenvalue weighted by atomic mass is 9.97. The van der Waals surface area contributed by atoms with E-state index in [-0.39, 0.29) is 17.7 Å². The molecule has 29 heavy (non-hydrogen) atoms. The zero-order chi connectivity index (χ0) is 20.8. The van der Waals surface area contributed by atoms with Gasteiger partial charge in [0, 0.05) is 22.2 Å². The molecule has 6 heteroatoms. The Bertz CT molecular complexity index is 967. The van der Waals surface area contributed by atoms with Crippen molar-refractivity contribution < 1.29 is 9.59 Å². The number of hydrogen-bond acceptors (Lipinski definition) is 4. The van der Waals surface area contributed by atoms with Crippen molar-refractivity contribution in [3.63, 3.8) is 0 Å². The summed E-state index contributed by atoms with van der Waals surface area (Å²) in [6.07, 6.45) is 0.773. The summed E-state index contributed by atoms with van der Waals surface area (Å²) < 4.78 is 0. The third kappa shape index (κ3) is 5.29. The fourth-order valence-corrected chi connectivity index (χ4v) is 3.58. The molecule has 150 valence electrons. The summed E-state index contributed by atoms with van der Waals surface area (Å²) in [5.41, 5.74) is 3.16. The van der Waals surface area contributed by atoms with Crippen molar-refractivity contribution in [1.82, 2.24) is 10.3 Å². The van der Waals surface area contributed by atoms with Crippen molar-refractivity contribution in [2.24, 2.45) is 5.92 Å². The Morgan fingerprint density at radius 1 is 1.07 bits per heavy atom. The molecule has 1 aromatic heterocycles. The fourth-order valence-electron chi connectivity index (χ4n) is 2.96. The van der Waals surface area contributed by atoms with Gasteiger partial charge in [0.05, 0.1) is 10.7 Å². The number of nitrogens with one attached hydrogen (secondary N) is 2. The van der Waals surface area contributed by atoms with Crippen molar-refractivity contribution >= 4 is 28.8 Å². The van der Waals surface area contributed by atoms with Gasteiger partial charge in [0.25, 0.3) is 5.91 Å². The number of hydrogen-bond donors (Lipinski definition) is 2. The predicted molar refractivity (Wildman–Crippen MR) is 118 cm³/mol. The molecule has 0 saturated heterocycles. The summed E-state index contributed by atoms with van der Waals surface area (Å²) in [5.74, 6) is -0.471. The fraction of sp³-hybridized carbons (Fsp3) is 0.261. The average Bonchev–Trinajstić information content (AvgIpc) is 3.18. The van der Waals surface area contributed by atoms with Gasteiger partial charge in [-0.05, 0) is 37.1 Å². The molecule has 0 saturated carbocycles. The van der Waals surface area contributed by atoms with Crippen LogP contribution in [0.15, 0.2) is 60.0 Å². The van der Waals surface area contributed by atoms with Crippen LogP contribution in [0.25, 0.3) is 11.3 Å². The molecule has 2 amide bonds. The maximum absolute atomic E-state index is 12.9. The third-order valence-electron chi connectivity index (χ3n) is 4.89. The van der Waals surface area contributed by atoms with E-state index in [9.17, 15) is 9.59 Å². The van der Waals surface area contributed by atoms with Gasteiger partial charge in [-0.3, -0.25) is 9.59 Å². The van der Waals surface area contributed by atoms with Crippen molar-refractivity contribution in [1.29, 1.82) is 0 Å². The first kappa shape index (κ1) is 20.7. The number of aromatic nitrogens is 1. The van der Waals surface area contributed by atoms with Crippen LogP contribution in [0.2, 0.25) is 0 Å². The SMILES string of the molecule is CC[C@H](C)[C@H](NC(=O)c1ccccc1)C(=O)Nc1ccc(-c2csc(C)n2)cc1. The van der Waals surface area contributed by atoms with Gasteiger partial charge in [-0.15, -0.1) is 11.3 Å². The van der Waals surface area contributed by atoms with Crippen LogP contribution in [0.1, 0.15) is 35.6 Å². The first-order chi connectivity index (χ1) is 14.0. The standard InChI is InChI=1S/C23H25N3O2S/c1-4-15(2)21(26-22(27)18-8-6-5-7-9-18)23(28)25-19-12-10-17(11-13-19)20-14-29-16(3)24-20/h5-15,21H,4H2,1-3H3,(H,25,28)(H,26,27)/t15-,21-/m0/s1. The minimum Gasteiger partial charge on any atom is -0.340 e. The van der Waals surface area contributed by atoms with Crippen LogP contribution in [-0.2, 0) is 4.79 Å². The number of carbonyl (C=O) groups is 2. The first-order valence-corrected chi connectivity index (χ1v) is 10.5. The van der Waals surface area contributed by atoms with Crippen LogP contribution in [0.5, 0.6) is 0 Å². The number of aryl methyl sites for hydroxylation is 1. The van der Waals surface area contributed by atoms with E-state index in [0.29, 0.717) is 11.3 Å². The molecule has 0 fully saturated rings. The van der Waals surface area contributed by atoms with Crippen LogP contribution < -0.4 is 10.6 Å². The van der Waals surface area contributed by atoms with Gasteiger partial charge in [-0.25, -0.2) is 4.98 Å². The summed E-state index contributed by atoms with van der Waals surface area (Å²) in [6, 6.07) is 15.9. The van der Waals surface area contributed by atoms with Gasteiger partial charge in [0.1, 0.15) is 6.04 Å². The zero-order valence-corrected chi connectivity index (χ0v) is 17.6. The lowest BCUT2D eigenvalue weighted by Crippen LogP contribution is -2.47. The number of anilines is 1. The minimum atomic E-state index is -0.617. The Hall–Kier alpha value is -2.99. The van der Waals surface area contributed by atoms with E-state index in [1.54, 1.807) is 35.6 Å². The van der Waals surface area contributed by atoms with Crippen molar-refractivity contribution in [2.75, 3.05) is 5.32 Å². The van der Waals surface area contributed by atoms with Gasteiger partial charge in [-0.1, -0.05) is 50.6 Å². The second kappa shape index (κ2) is 9.47. The van der Waals surface area contributed by atoms with Crippen LogP contribution in [0.4, 0.5) is 5.69 Å². The number of thiazole rings is 1. The Morgan fingerprint density at radius 3 is 2.34 bits per heavy atom. The highest BCUT2D eigenvalue weighted by Crippen LogP contribution is 2.23. The van der Waals surface area contributed by atoms with E-state index < -0.39 is 6.04 Å². The highest BCUT2D eigenvalue weighted by atomic mass is 32.1. The van der Waals surface area contributed by atoms with Crippen molar-refractivity contribution in [2.45, 2.75) is 33.2 Å². The molecule has 2 aromatic carbocycles. The smallest absolute Gasteiger partial charge is 0.251 e. The van der Waals surface area contributed by atoms with Crippen molar-refractivity contribution in [3.8, 4) is 11.3 Å². The molecular formula is C23H25N3O2S. The lowest BCUT2D eigenvalue weighted by Gasteiger charge is -2.23. The second-order valence-electron chi connectivity index (χ2n) is 7.02. The second-order valence-corrected chi connectivity index (χ2v) is 8.08. The highest BCUT2D eigenvalue weighted by molar-refractivity contribution is 7.09. The van der Waals surface area contributed by atoms with Gasteiger partial charge in [-0.2, -0.15) is 0 Å². The summed E-state index contributed by atoms with van der Waals surface area (Å²) in [4.78, 5) is 29.9. The molecule has 2 atom stereocenters. The van der Waals surface area contributed by atoms with E-state index >= 15 is 0 Å². The molecule has 0 spiro atoms. The summed E-state index contributed by atoms with van der Waals surface area (Å²) in [7, 11) is 0. The van der Waals surface area contributed by atoms with Gasteiger partial charge >= 0.3 is 0 Å². The molecule has 0 radical (unpaired) electrons. The first-order valence-electron chi connectivity index (χ1n) is 9.67. The topological polar surface area (TPSA) is 71.1 Å². The molecule has 0 unspecified atom stereocenters. The van der Waals surface area contributed by atoms with Crippen LogP contribution in [-0.4, -0.2) is 22.8 Å². The molecule has 5 nitrogen and oxygen atoms in total. The molecule has 0 bridgehead atoms. The van der Waals surface area contributed by atoms with E-state index in [0.717, 1.165) is 22.7 Å². The molecule has 0 aliphatic heterocycles. The van der Waals surface area contributed by atoms with E-state index in [2.05, 4.69) is 15.6 Å². The maximum atomic E-state index is 12.9. The quantitative estimate of drug-likeness (QED) is 0.585. The number of rotatable bonds is 7. The maximum Gasteiger partial charge on any atom is 0.251 e. The molecule has 1 heterocycles. The van der Waals surface area contributed by atoms with Gasteiger partial charge < -0.3 is 10.6 Å². The monoisotopic (exact) mass is 407 g/mol. The van der Waals surface area contributed by atoms with Crippen LogP contribution >= 0.6 is 11.3 Å². The molecule has 0 aliphatic carbocycles. The Kier molecular flexibility index (Phi) is 6.77. The Labute approximate surface area is 175 Å². The van der Waals surface area contributed by atoms with E-state index in [1.165, 1.54) is 0 Å². The van der Waals surface area contributed by atoms with E-state index in [4.69, 9.17) is 0 Å². The molecule has 3 aromatic rings. The normalized spacial score (nSPS) is 12.8. The number of nitrogens with zero attached hydrogens (tertiary/aromatic N) is 1. The highest BCUT2D eigenvalue weighted by Gasteiger charge is 2.26. The zero-order valence-electron chi connectivity index (χ0n) is 16.8. The molecule has 0 aliphatic rings. The summed E-state index contributed by atoms with van der Waals surface area (Å²) in [6.45, 7) is 5.94. The summed E-state index contributed by atoms with van der Waals surface area (Å²) in [5, 5.41) is 8.84. The third-order valence-corrected chi connectivity index (χ3v) is 5.66. The van der Waals surface area contributed by atoms with Gasteiger partial charge in [0.2, 0.25) is 5.91 Å². The Balaban J connectivity index is 1.70. The minimum absolute atomic E-state index is 0.0000768. The molecular weight excluding hydrogens is 382 g/mol. The van der Waals surface area contributed by atoms with Crippen LogP contribution in [0.3, 0.4) is 0 Å². The predicted octanol–water partition coefficient (Wildman–Crippen LogP) is 4.90.